The van der Waals surface area contributed by atoms with E-state index >= 15 is 0 Å². The number of benzene rings is 2. The number of carbonyl (C=O) groups excluding carboxylic acids is 2. The van der Waals surface area contributed by atoms with Gasteiger partial charge in [0.1, 0.15) is 5.69 Å². The van der Waals surface area contributed by atoms with Crippen LogP contribution in [0.1, 0.15) is 28.5 Å². The predicted octanol–water partition coefficient (Wildman–Crippen LogP) is 2.98. The Morgan fingerprint density at radius 2 is 1.72 bits per heavy atom. The summed E-state index contributed by atoms with van der Waals surface area (Å²) in [5.41, 5.74) is 2.35. The highest BCUT2D eigenvalue weighted by Gasteiger charge is 2.23. The predicted molar refractivity (Wildman–Crippen MR) is 110 cm³/mol. The average molecular weight is 393 g/mol. The molecule has 29 heavy (non-hydrogen) atoms. The second-order valence-electron chi connectivity index (χ2n) is 6.84. The lowest BCUT2D eigenvalue weighted by atomic mass is 10.1. The second kappa shape index (κ2) is 8.18. The van der Waals surface area contributed by atoms with Crippen LogP contribution in [0, 0.1) is 13.8 Å². The maximum absolute atomic E-state index is 12.9. The molecule has 0 bridgehead atoms. The Kier molecular flexibility index (Phi) is 5.68. The third-order valence-electron chi connectivity index (χ3n) is 4.71. The van der Waals surface area contributed by atoms with Crippen molar-refractivity contribution in [2.75, 3.05) is 5.32 Å². The van der Waals surface area contributed by atoms with Crippen LogP contribution in [0.2, 0.25) is 0 Å². The number of carbonyl (C=O) groups is 2. The number of nitrogens with zero attached hydrogens (tertiary/aromatic N) is 2. The number of rotatable bonds is 5. The summed E-state index contributed by atoms with van der Waals surface area (Å²) in [4.78, 5) is 37.7. The molecule has 0 spiro atoms. The number of hydrogen-bond donors (Lipinski definition) is 1. The van der Waals surface area contributed by atoms with Crippen molar-refractivity contribution in [3.63, 3.8) is 0 Å². The summed E-state index contributed by atoms with van der Waals surface area (Å²) >= 11 is 0. The van der Waals surface area contributed by atoms with Gasteiger partial charge in [-0.15, -0.1) is 0 Å². The summed E-state index contributed by atoms with van der Waals surface area (Å²) in [6, 6.07) is 16.0. The first-order valence-electron chi connectivity index (χ1n) is 9.22. The van der Waals surface area contributed by atoms with Crippen LogP contribution >= 0.6 is 0 Å². The van der Waals surface area contributed by atoms with E-state index in [-0.39, 0.29) is 11.2 Å². The number of aryl methyl sites for hydroxylation is 1. The molecule has 0 aliphatic rings. The molecule has 1 heterocycles. The maximum Gasteiger partial charge on any atom is 0.338 e. The van der Waals surface area contributed by atoms with Crippen molar-refractivity contribution in [3.05, 3.63) is 81.8 Å². The second-order valence-corrected chi connectivity index (χ2v) is 6.84. The van der Waals surface area contributed by atoms with E-state index in [1.165, 1.54) is 11.6 Å². The number of amides is 1. The molecule has 3 rings (SSSR count). The van der Waals surface area contributed by atoms with Gasteiger partial charge in [-0.3, -0.25) is 14.3 Å². The van der Waals surface area contributed by atoms with Gasteiger partial charge in [0.05, 0.1) is 16.9 Å². The molecule has 1 aromatic heterocycles. The van der Waals surface area contributed by atoms with Crippen molar-refractivity contribution >= 4 is 17.6 Å². The molecule has 1 atom stereocenters. The molecule has 150 valence electrons. The lowest BCUT2D eigenvalue weighted by Gasteiger charge is -2.13. The Bertz CT molecular complexity index is 1110. The molecule has 0 aliphatic heterocycles. The molecule has 1 unspecified atom stereocenters. The Morgan fingerprint density at radius 3 is 2.38 bits per heavy atom. The lowest BCUT2D eigenvalue weighted by Crippen LogP contribution is -2.32. The van der Waals surface area contributed by atoms with Gasteiger partial charge in [0, 0.05) is 7.05 Å². The molecule has 0 radical (unpaired) electrons. The highest BCUT2D eigenvalue weighted by Crippen LogP contribution is 2.15. The largest absolute Gasteiger partial charge is 0.449 e. The van der Waals surface area contributed by atoms with Gasteiger partial charge in [-0.1, -0.05) is 35.9 Å². The fourth-order valence-electron chi connectivity index (χ4n) is 2.99. The van der Waals surface area contributed by atoms with Gasteiger partial charge in [0.2, 0.25) is 0 Å². The summed E-state index contributed by atoms with van der Waals surface area (Å²) in [5, 5.41) is 2.61. The fourth-order valence-corrected chi connectivity index (χ4v) is 2.99. The van der Waals surface area contributed by atoms with Crippen molar-refractivity contribution in [3.8, 4) is 5.69 Å². The maximum atomic E-state index is 12.9. The molecule has 0 saturated carbocycles. The third-order valence-corrected chi connectivity index (χ3v) is 4.71. The monoisotopic (exact) mass is 393 g/mol. The van der Waals surface area contributed by atoms with Crippen LogP contribution in [0.15, 0.2) is 59.4 Å². The quantitative estimate of drug-likeness (QED) is 0.676. The number of aromatic nitrogens is 2. The van der Waals surface area contributed by atoms with Crippen LogP contribution in [0.25, 0.3) is 5.69 Å². The number of hydrogen-bond acceptors (Lipinski definition) is 4. The molecule has 0 aliphatic carbocycles. The molecule has 7 nitrogen and oxygen atoms in total. The van der Waals surface area contributed by atoms with E-state index in [1.54, 1.807) is 49.0 Å². The van der Waals surface area contributed by atoms with Crippen LogP contribution in [-0.4, -0.2) is 27.3 Å². The molecule has 1 amide bonds. The smallest absolute Gasteiger partial charge is 0.338 e. The highest BCUT2D eigenvalue weighted by atomic mass is 16.5. The van der Waals surface area contributed by atoms with Crippen LogP contribution < -0.4 is 10.9 Å². The number of para-hydroxylation sites is 1. The Labute approximate surface area is 168 Å². The first-order valence-corrected chi connectivity index (χ1v) is 9.22. The normalized spacial score (nSPS) is 11.7. The van der Waals surface area contributed by atoms with E-state index < -0.39 is 18.0 Å². The minimum atomic E-state index is -1.06. The highest BCUT2D eigenvalue weighted by molar-refractivity contribution is 5.97. The Morgan fingerprint density at radius 1 is 1.03 bits per heavy atom. The van der Waals surface area contributed by atoms with E-state index in [0.717, 1.165) is 5.56 Å². The van der Waals surface area contributed by atoms with Crippen LogP contribution in [0.4, 0.5) is 5.69 Å². The van der Waals surface area contributed by atoms with Crippen molar-refractivity contribution in [2.45, 2.75) is 26.9 Å². The zero-order valence-electron chi connectivity index (χ0n) is 16.8. The SMILES string of the molecule is Cc1cccc(C(=O)OC(C)C(=O)Nc2c(C)n(C)n(-c3ccccc3)c2=O)c1. The summed E-state index contributed by atoms with van der Waals surface area (Å²) in [6.45, 7) is 5.07. The lowest BCUT2D eigenvalue weighted by molar-refractivity contribution is -0.123. The Balaban J connectivity index is 1.79. The zero-order valence-corrected chi connectivity index (χ0v) is 16.8. The minimum Gasteiger partial charge on any atom is -0.449 e. The van der Waals surface area contributed by atoms with Gasteiger partial charge < -0.3 is 10.1 Å². The first-order chi connectivity index (χ1) is 13.8. The molecule has 2 aromatic carbocycles. The van der Waals surface area contributed by atoms with Crippen molar-refractivity contribution in [1.82, 2.24) is 9.36 Å². The standard InChI is InChI=1S/C22H23N3O4/c1-14-9-8-10-17(13-14)22(28)29-16(3)20(26)23-19-15(2)24(4)25(21(19)27)18-11-6-5-7-12-18/h5-13,16H,1-4H3,(H,23,26). The molecule has 0 saturated heterocycles. The van der Waals surface area contributed by atoms with E-state index in [4.69, 9.17) is 4.74 Å². The summed E-state index contributed by atoms with van der Waals surface area (Å²) < 4.78 is 8.39. The van der Waals surface area contributed by atoms with Crippen LogP contribution in [-0.2, 0) is 16.6 Å². The van der Waals surface area contributed by atoms with Crippen molar-refractivity contribution in [1.29, 1.82) is 0 Å². The first kappa shape index (κ1) is 20.1. The van der Waals surface area contributed by atoms with E-state index in [9.17, 15) is 14.4 Å². The average Bonchev–Trinajstić information content (AvgIpc) is 2.91. The van der Waals surface area contributed by atoms with Gasteiger partial charge in [0.15, 0.2) is 6.10 Å². The van der Waals surface area contributed by atoms with Gasteiger partial charge in [-0.05, 0) is 45.0 Å². The molecule has 0 fully saturated rings. The number of ether oxygens (including phenoxy) is 1. The molecular formula is C22H23N3O4. The fraction of sp³-hybridized carbons (Fsp3) is 0.227. The van der Waals surface area contributed by atoms with Gasteiger partial charge in [-0.2, -0.15) is 0 Å². The molecule has 1 N–H and O–H groups in total. The Hall–Kier alpha value is -3.61. The van der Waals surface area contributed by atoms with E-state index in [0.29, 0.717) is 16.9 Å². The van der Waals surface area contributed by atoms with Gasteiger partial charge >= 0.3 is 5.97 Å². The summed E-state index contributed by atoms with van der Waals surface area (Å²) in [7, 11) is 1.74. The number of nitrogens with one attached hydrogen (secondary N) is 1. The minimum absolute atomic E-state index is 0.153. The van der Waals surface area contributed by atoms with Crippen LogP contribution in [0.3, 0.4) is 0 Å². The van der Waals surface area contributed by atoms with Gasteiger partial charge in [-0.25, -0.2) is 9.48 Å². The molecule has 7 heteroatoms. The summed E-state index contributed by atoms with van der Waals surface area (Å²) in [5.74, 6) is -1.17. The third kappa shape index (κ3) is 4.13. The van der Waals surface area contributed by atoms with E-state index in [2.05, 4.69) is 5.32 Å². The number of anilines is 1. The summed E-state index contributed by atoms with van der Waals surface area (Å²) in [6.07, 6.45) is -1.06. The zero-order chi connectivity index (χ0) is 21.1. The van der Waals surface area contributed by atoms with E-state index in [1.807, 2.05) is 31.2 Å². The van der Waals surface area contributed by atoms with Crippen LogP contribution in [0.5, 0.6) is 0 Å². The van der Waals surface area contributed by atoms with Gasteiger partial charge in [0.25, 0.3) is 11.5 Å². The molecule has 3 aromatic rings. The van der Waals surface area contributed by atoms with Crippen molar-refractivity contribution in [2.24, 2.45) is 7.05 Å². The molecular weight excluding hydrogens is 370 g/mol. The topological polar surface area (TPSA) is 82.3 Å². The number of esters is 1. The van der Waals surface area contributed by atoms with Crippen molar-refractivity contribution < 1.29 is 14.3 Å².